The fourth-order valence-corrected chi connectivity index (χ4v) is 4.21. The van der Waals surface area contributed by atoms with E-state index in [0.717, 1.165) is 19.5 Å². The van der Waals surface area contributed by atoms with Gasteiger partial charge in [0.25, 0.3) is 0 Å². The Balaban J connectivity index is 2.14. The van der Waals surface area contributed by atoms with Crippen LogP contribution in [0, 0.1) is 12.8 Å². The molecule has 1 aliphatic rings. The average molecular weight is 321 g/mol. The first-order chi connectivity index (χ1) is 9.34. The minimum Gasteiger partial charge on any atom is -0.464 e. The predicted molar refractivity (Wildman–Crippen MR) is 78.4 cm³/mol. The first-order valence-corrected chi connectivity index (χ1v) is 8.62. The molecule has 114 valence electrons. The van der Waals surface area contributed by atoms with E-state index in [0.29, 0.717) is 24.0 Å². The third-order valence-electron chi connectivity index (χ3n) is 3.75. The van der Waals surface area contributed by atoms with E-state index in [9.17, 15) is 8.42 Å². The highest BCUT2D eigenvalue weighted by Crippen LogP contribution is 2.25. The molecule has 1 unspecified atom stereocenters. The van der Waals surface area contributed by atoms with Crippen molar-refractivity contribution >= 4 is 21.6 Å². The number of furan rings is 1. The smallest absolute Gasteiger partial charge is 0.246 e. The molecule has 0 amide bonds. The van der Waals surface area contributed by atoms with E-state index < -0.39 is 10.0 Å². The summed E-state index contributed by atoms with van der Waals surface area (Å²) in [5.74, 6) is 1.44. The van der Waals surface area contributed by atoms with Crippen molar-refractivity contribution < 1.29 is 12.8 Å². The van der Waals surface area contributed by atoms with Gasteiger partial charge in [-0.15, -0.1) is 11.6 Å². The van der Waals surface area contributed by atoms with Crippen molar-refractivity contribution in [3.63, 3.8) is 0 Å². The summed E-state index contributed by atoms with van der Waals surface area (Å²) >= 11 is 5.69. The fourth-order valence-electron chi connectivity index (χ4n) is 2.65. The quantitative estimate of drug-likeness (QED) is 0.778. The summed E-state index contributed by atoms with van der Waals surface area (Å²) in [6, 6.07) is 1.52. The molecule has 1 aromatic heterocycles. The Bertz CT molecular complexity index is 570. The summed E-state index contributed by atoms with van der Waals surface area (Å²) in [4.78, 5) is 2.45. The summed E-state index contributed by atoms with van der Waals surface area (Å²) in [5, 5.41) is 0. The van der Waals surface area contributed by atoms with Gasteiger partial charge in [0.15, 0.2) is 0 Å². The number of alkyl halides is 1. The lowest BCUT2D eigenvalue weighted by molar-refractivity contribution is 0.356. The van der Waals surface area contributed by atoms with Crippen LogP contribution in [-0.2, 0) is 15.9 Å². The maximum atomic E-state index is 12.6. The van der Waals surface area contributed by atoms with Gasteiger partial charge in [-0.2, -0.15) is 0 Å². The second-order valence-corrected chi connectivity index (χ2v) is 7.75. The topological polar surface area (TPSA) is 53.8 Å². The lowest BCUT2D eigenvalue weighted by Gasteiger charge is -2.20. The molecule has 0 N–H and O–H groups in total. The zero-order valence-corrected chi connectivity index (χ0v) is 13.7. The van der Waals surface area contributed by atoms with Gasteiger partial charge in [-0.25, -0.2) is 12.7 Å². The molecular formula is C13H21ClN2O3S. The summed E-state index contributed by atoms with van der Waals surface area (Å²) in [7, 11) is 0.181. The number of nitrogens with zero attached hydrogens (tertiary/aromatic N) is 2. The SMILES string of the molecule is Cc1oc(CCl)cc1S(=O)(=O)N(C)CC1CCN(C)C1. The number of halogens is 1. The minimum atomic E-state index is -3.50. The fraction of sp³-hybridized carbons (Fsp3) is 0.692. The van der Waals surface area contributed by atoms with Crippen LogP contribution in [0.4, 0.5) is 0 Å². The average Bonchev–Trinajstić information content (AvgIpc) is 2.95. The van der Waals surface area contributed by atoms with E-state index in [4.69, 9.17) is 16.0 Å². The van der Waals surface area contributed by atoms with Gasteiger partial charge in [-0.05, 0) is 32.9 Å². The van der Waals surface area contributed by atoms with Crippen molar-refractivity contribution in [2.75, 3.05) is 33.7 Å². The van der Waals surface area contributed by atoms with Gasteiger partial charge in [-0.3, -0.25) is 0 Å². The van der Waals surface area contributed by atoms with Crippen LogP contribution < -0.4 is 0 Å². The van der Waals surface area contributed by atoms with E-state index in [1.165, 1.54) is 10.4 Å². The van der Waals surface area contributed by atoms with E-state index >= 15 is 0 Å². The van der Waals surface area contributed by atoms with Gasteiger partial charge in [-0.1, -0.05) is 0 Å². The van der Waals surface area contributed by atoms with Gasteiger partial charge in [0, 0.05) is 26.2 Å². The number of aryl methyl sites for hydroxylation is 1. The number of hydrogen-bond donors (Lipinski definition) is 0. The third kappa shape index (κ3) is 3.19. The second kappa shape index (κ2) is 6.05. The van der Waals surface area contributed by atoms with Crippen LogP contribution in [0.25, 0.3) is 0 Å². The number of rotatable bonds is 5. The molecule has 0 aliphatic carbocycles. The molecule has 0 radical (unpaired) electrons. The van der Waals surface area contributed by atoms with Crippen LogP contribution in [0.2, 0.25) is 0 Å². The van der Waals surface area contributed by atoms with Gasteiger partial charge in [0.05, 0.1) is 5.88 Å². The Morgan fingerprint density at radius 3 is 2.75 bits per heavy atom. The Morgan fingerprint density at radius 1 is 1.55 bits per heavy atom. The normalized spacial score (nSPS) is 20.9. The van der Waals surface area contributed by atoms with Crippen molar-refractivity contribution in [3.8, 4) is 0 Å². The molecule has 0 saturated carbocycles. The van der Waals surface area contributed by atoms with Crippen LogP contribution in [0.15, 0.2) is 15.4 Å². The van der Waals surface area contributed by atoms with E-state index in [-0.39, 0.29) is 10.8 Å². The summed E-state index contributed by atoms with van der Waals surface area (Å²) in [5.41, 5.74) is 0. The van der Waals surface area contributed by atoms with Crippen LogP contribution in [0.3, 0.4) is 0 Å². The monoisotopic (exact) mass is 320 g/mol. The van der Waals surface area contributed by atoms with Crippen molar-refractivity contribution in [3.05, 3.63) is 17.6 Å². The van der Waals surface area contributed by atoms with E-state index in [2.05, 4.69) is 11.9 Å². The molecule has 0 aromatic carbocycles. The van der Waals surface area contributed by atoms with Gasteiger partial charge >= 0.3 is 0 Å². The Kier molecular flexibility index (Phi) is 4.79. The molecule has 2 heterocycles. The van der Waals surface area contributed by atoms with Crippen LogP contribution in [0.5, 0.6) is 0 Å². The molecule has 20 heavy (non-hydrogen) atoms. The van der Waals surface area contributed by atoms with Crippen LogP contribution >= 0.6 is 11.6 Å². The summed E-state index contributed by atoms with van der Waals surface area (Å²) in [6.45, 7) is 4.16. The predicted octanol–water partition coefficient (Wildman–Crippen LogP) is 1.90. The summed E-state index contributed by atoms with van der Waals surface area (Å²) in [6.07, 6.45) is 1.04. The Morgan fingerprint density at radius 2 is 2.25 bits per heavy atom. The highest BCUT2D eigenvalue weighted by molar-refractivity contribution is 7.89. The Labute approximate surface area is 125 Å². The number of likely N-dealkylation sites (tertiary alicyclic amines) is 1. The van der Waals surface area contributed by atoms with Crippen molar-refractivity contribution in [1.82, 2.24) is 9.21 Å². The zero-order valence-electron chi connectivity index (χ0n) is 12.1. The van der Waals surface area contributed by atoms with Crippen molar-refractivity contribution in [1.29, 1.82) is 0 Å². The minimum absolute atomic E-state index is 0.174. The largest absolute Gasteiger partial charge is 0.464 e. The summed E-state index contributed by atoms with van der Waals surface area (Å²) < 4.78 is 31.9. The third-order valence-corrected chi connectivity index (χ3v) is 5.94. The first kappa shape index (κ1) is 15.8. The standard InChI is InChI=1S/C13H21ClN2O3S/c1-10-13(6-12(7-14)19-10)20(17,18)16(3)9-11-4-5-15(2)8-11/h6,11H,4-5,7-9H2,1-3H3. The highest BCUT2D eigenvalue weighted by atomic mass is 35.5. The lowest BCUT2D eigenvalue weighted by atomic mass is 10.1. The van der Waals surface area contributed by atoms with Crippen LogP contribution in [-0.4, -0.2) is 51.4 Å². The zero-order chi connectivity index (χ0) is 14.9. The molecule has 1 fully saturated rings. The molecular weight excluding hydrogens is 300 g/mol. The van der Waals surface area contributed by atoms with Crippen molar-refractivity contribution in [2.45, 2.75) is 24.1 Å². The molecule has 1 atom stereocenters. The van der Waals surface area contributed by atoms with E-state index in [1.54, 1.807) is 14.0 Å². The molecule has 2 rings (SSSR count). The molecule has 1 aromatic rings. The molecule has 5 nitrogen and oxygen atoms in total. The van der Waals surface area contributed by atoms with Gasteiger partial charge in [0.2, 0.25) is 10.0 Å². The van der Waals surface area contributed by atoms with E-state index in [1.807, 2.05) is 0 Å². The van der Waals surface area contributed by atoms with Crippen LogP contribution in [0.1, 0.15) is 17.9 Å². The van der Waals surface area contributed by atoms with Crippen molar-refractivity contribution in [2.24, 2.45) is 5.92 Å². The Hall–Kier alpha value is -0.560. The number of sulfonamides is 1. The van der Waals surface area contributed by atoms with Gasteiger partial charge < -0.3 is 9.32 Å². The molecule has 7 heteroatoms. The lowest BCUT2D eigenvalue weighted by Crippen LogP contribution is -2.33. The maximum Gasteiger partial charge on any atom is 0.246 e. The molecule has 0 bridgehead atoms. The number of hydrogen-bond acceptors (Lipinski definition) is 4. The highest BCUT2D eigenvalue weighted by Gasteiger charge is 2.29. The second-order valence-electron chi connectivity index (χ2n) is 5.47. The molecule has 1 saturated heterocycles. The maximum absolute atomic E-state index is 12.6. The molecule has 1 aliphatic heterocycles. The molecule has 0 spiro atoms. The first-order valence-electron chi connectivity index (χ1n) is 6.64. The van der Waals surface area contributed by atoms with Gasteiger partial charge in [0.1, 0.15) is 16.4 Å².